The molecular weight excluding hydrogens is 204 g/mol. The Bertz CT molecular complexity index is 285. The normalized spacial score (nSPS) is 11.9. The third-order valence-electron chi connectivity index (χ3n) is 1.46. The summed E-state index contributed by atoms with van der Waals surface area (Å²) >= 11 is 5.43. The second kappa shape index (κ2) is 5.50. The van der Waals surface area contributed by atoms with Crippen LogP contribution in [0.3, 0.4) is 0 Å². The fourth-order valence-corrected chi connectivity index (χ4v) is 0.956. The van der Waals surface area contributed by atoms with E-state index in [9.17, 15) is 4.79 Å². The lowest BCUT2D eigenvalue weighted by Crippen LogP contribution is -2.11. The molecule has 0 radical (unpaired) electrons. The third kappa shape index (κ3) is 4.14. The smallest absolute Gasteiger partial charge is 0.429 e. The molecule has 0 saturated heterocycles. The van der Waals surface area contributed by atoms with Gasteiger partial charge >= 0.3 is 6.16 Å². The summed E-state index contributed by atoms with van der Waals surface area (Å²) in [6, 6.07) is 9.35. The Morgan fingerprint density at radius 3 is 2.64 bits per heavy atom. The van der Waals surface area contributed by atoms with E-state index in [1.54, 1.807) is 6.92 Å². The van der Waals surface area contributed by atoms with Crippen LogP contribution in [0.2, 0.25) is 0 Å². The van der Waals surface area contributed by atoms with Gasteiger partial charge in [-0.3, -0.25) is 0 Å². The maximum atomic E-state index is 10.9. The second-order valence-corrected chi connectivity index (χ2v) is 3.30. The van der Waals surface area contributed by atoms with E-state index in [2.05, 4.69) is 4.74 Å². The number of ether oxygens (including phenoxy) is 2. The predicted octanol–water partition coefficient (Wildman–Crippen LogP) is 2.92. The molecule has 0 aliphatic carbocycles. The first kappa shape index (κ1) is 10.9. The SMILES string of the molecule is C[C@H](Cl)OC(=O)OCc1ccccc1. The standard InChI is InChI=1S/C10H11ClO3/c1-8(11)14-10(12)13-7-9-5-3-2-4-6-9/h2-6,8H,7H2,1H3/t8-/m1/s1. The molecule has 0 fully saturated rings. The molecule has 0 aliphatic heterocycles. The summed E-state index contributed by atoms with van der Waals surface area (Å²) in [4.78, 5) is 10.9. The van der Waals surface area contributed by atoms with E-state index in [4.69, 9.17) is 16.3 Å². The Labute approximate surface area is 87.6 Å². The van der Waals surface area contributed by atoms with Crippen LogP contribution in [0, 0.1) is 0 Å². The number of benzene rings is 1. The molecule has 0 heterocycles. The van der Waals surface area contributed by atoms with Crippen LogP contribution in [-0.4, -0.2) is 11.7 Å². The highest BCUT2D eigenvalue weighted by atomic mass is 35.5. The largest absolute Gasteiger partial charge is 0.510 e. The quantitative estimate of drug-likeness (QED) is 0.573. The van der Waals surface area contributed by atoms with Crippen molar-refractivity contribution in [1.82, 2.24) is 0 Å². The molecule has 4 heteroatoms. The Morgan fingerprint density at radius 2 is 2.07 bits per heavy atom. The molecule has 0 unspecified atom stereocenters. The van der Waals surface area contributed by atoms with Gasteiger partial charge in [0.1, 0.15) is 6.61 Å². The van der Waals surface area contributed by atoms with Crippen molar-refractivity contribution in [2.75, 3.05) is 0 Å². The summed E-state index contributed by atoms with van der Waals surface area (Å²) in [7, 11) is 0. The monoisotopic (exact) mass is 214 g/mol. The van der Waals surface area contributed by atoms with Gasteiger partial charge in [-0.15, -0.1) is 0 Å². The predicted molar refractivity (Wildman–Crippen MR) is 53.0 cm³/mol. The van der Waals surface area contributed by atoms with Crippen molar-refractivity contribution in [3.63, 3.8) is 0 Å². The van der Waals surface area contributed by atoms with Crippen molar-refractivity contribution in [3.8, 4) is 0 Å². The van der Waals surface area contributed by atoms with Crippen molar-refractivity contribution in [1.29, 1.82) is 0 Å². The fourth-order valence-electron chi connectivity index (χ4n) is 0.883. The molecule has 3 nitrogen and oxygen atoms in total. The minimum atomic E-state index is -0.753. The molecular formula is C10H11ClO3. The molecule has 0 bridgehead atoms. The maximum Gasteiger partial charge on any atom is 0.510 e. The summed E-state index contributed by atoms with van der Waals surface area (Å²) in [5.41, 5.74) is 0.241. The lowest BCUT2D eigenvalue weighted by Gasteiger charge is -2.06. The molecule has 0 aromatic heterocycles. The van der Waals surface area contributed by atoms with Gasteiger partial charge < -0.3 is 9.47 Å². The van der Waals surface area contributed by atoms with Crippen molar-refractivity contribution < 1.29 is 14.3 Å². The summed E-state index contributed by atoms with van der Waals surface area (Å²) < 4.78 is 9.37. The van der Waals surface area contributed by atoms with Gasteiger partial charge in [0.2, 0.25) is 0 Å². The van der Waals surface area contributed by atoms with Crippen LogP contribution in [-0.2, 0) is 16.1 Å². The lowest BCUT2D eigenvalue weighted by atomic mass is 10.2. The van der Waals surface area contributed by atoms with E-state index < -0.39 is 11.7 Å². The minimum absolute atomic E-state index is 0.198. The van der Waals surface area contributed by atoms with Crippen LogP contribution < -0.4 is 0 Å². The van der Waals surface area contributed by atoms with Crippen LogP contribution in [0.5, 0.6) is 0 Å². The Hall–Kier alpha value is -1.22. The lowest BCUT2D eigenvalue weighted by molar-refractivity contribution is 0.0445. The van der Waals surface area contributed by atoms with Crippen LogP contribution in [0.15, 0.2) is 30.3 Å². The van der Waals surface area contributed by atoms with Gasteiger partial charge in [-0.2, -0.15) is 0 Å². The number of hydrogen-bond donors (Lipinski definition) is 0. The average Bonchev–Trinajstić information content (AvgIpc) is 2.15. The maximum absolute atomic E-state index is 10.9. The fraction of sp³-hybridized carbons (Fsp3) is 0.300. The van der Waals surface area contributed by atoms with Crippen molar-refractivity contribution >= 4 is 17.8 Å². The van der Waals surface area contributed by atoms with Crippen molar-refractivity contribution in [2.45, 2.75) is 19.1 Å². The van der Waals surface area contributed by atoms with Crippen molar-refractivity contribution in [2.24, 2.45) is 0 Å². The number of carbonyl (C=O) groups is 1. The van der Waals surface area contributed by atoms with Gasteiger partial charge in [-0.25, -0.2) is 4.79 Å². The van der Waals surface area contributed by atoms with Gasteiger partial charge in [0.25, 0.3) is 0 Å². The van der Waals surface area contributed by atoms with E-state index in [0.29, 0.717) is 0 Å². The second-order valence-electron chi connectivity index (χ2n) is 2.69. The van der Waals surface area contributed by atoms with Crippen molar-refractivity contribution in [3.05, 3.63) is 35.9 Å². The number of rotatable bonds is 3. The zero-order valence-corrected chi connectivity index (χ0v) is 8.53. The Kier molecular flexibility index (Phi) is 4.26. The molecule has 0 amide bonds. The van der Waals surface area contributed by atoms with Crippen LogP contribution >= 0.6 is 11.6 Å². The first-order valence-corrected chi connectivity index (χ1v) is 4.63. The minimum Gasteiger partial charge on any atom is -0.429 e. The molecule has 1 aromatic rings. The first-order chi connectivity index (χ1) is 6.68. The highest BCUT2D eigenvalue weighted by Crippen LogP contribution is 2.03. The number of carbonyl (C=O) groups excluding carboxylic acids is 1. The summed E-state index contributed by atoms with van der Waals surface area (Å²) in [5.74, 6) is 0. The average molecular weight is 215 g/mol. The summed E-state index contributed by atoms with van der Waals surface area (Å²) in [6.07, 6.45) is -0.753. The molecule has 0 spiro atoms. The molecule has 14 heavy (non-hydrogen) atoms. The Morgan fingerprint density at radius 1 is 1.43 bits per heavy atom. The number of alkyl halides is 1. The molecule has 1 rings (SSSR count). The van der Waals surface area contributed by atoms with E-state index in [1.165, 1.54) is 0 Å². The molecule has 0 aliphatic rings. The Balaban J connectivity index is 2.31. The van der Waals surface area contributed by atoms with Crippen LogP contribution in [0.1, 0.15) is 12.5 Å². The van der Waals surface area contributed by atoms with Gasteiger partial charge in [0.15, 0.2) is 5.56 Å². The van der Waals surface area contributed by atoms with Gasteiger partial charge in [-0.1, -0.05) is 41.9 Å². The van der Waals surface area contributed by atoms with Gasteiger partial charge in [0.05, 0.1) is 0 Å². The van der Waals surface area contributed by atoms with E-state index in [-0.39, 0.29) is 6.61 Å². The third-order valence-corrected chi connectivity index (χ3v) is 1.55. The topological polar surface area (TPSA) is 35.5 Å². The van der Waals surface area contributed by atoms with Crippen LogP contribution in [0.25, 0.3) is 0 Å². The first-order valence-electron chi connectivity index (χ1n) is 4.20. The van der Waals surface area contributed by atoms with E-state index in [1.807, 2.05) is 30.3 Å². The highest BCUT2D eigenvalue weighted by Gasteiger charge is 2.07. The molecule has 1 aromatic carbocycles. The van der Waals surface area contributed by atoms with E-state index in [0.717, 1.165) is 5.56 Å². The van der Waals surface area contributed by atoms with Crippen LogP contribution in [0.4, 0.5) is 4.79 Å². The van der Waals surface area contributed by atoms with Gasteiger partial charge in [0, 0.05) is 0 Å². The number of hydrogen-bond acceptors (Lipinski definition) is 3. The molecule has 1 atom stereocenters. The molecule has 0 saturated carbocycles. The van der Waals surface area contributed by atoms with Gasteiger partial charge in [-0.05, 0) is 12.5 Å². The zero-order valence-electron chi connectivity index (χ0n) is 7.77. The molecule has 0 N–H and O–H groups in total. The summed E-state index contributed by atoms with van der Waals surface area (Å²) in [5, 5.41) is 0. The number of halogens is 1. The highest BCUT2D eigenvalue weighted by molar-refractivity contribution is 6.19. The zero-order chi connectivity index (χ0) is 10.4. The summed E-state index contributed by atoms with van der Waals surface area (Å²) in [6.45, 7) is 1.74. The van der Waals surface area contributed by atoms with E-state index >= 15 is 0 Å². The molecule has 76 valence electrons.